The number of para-hydroxylation sites is 1. The number of thiazole rings is 1. The molecule has 0 unspecified atom stereocenters. The number of nitrogens with one attached hydrogen (secondary N) is 1. The van der Waals surface area contributed by atoms with E-state index < -0.39 is 0 Å². The Morgan fingerprint density at radius 2 is 1.89 bits per heavy atom. The molecule has 0 bridgehead atoms. The molecule has 146 valence electrons. The van der Waals surface area contributed by atoms with Crippen LogP contribution in [0.3, 0.4) is 0 Å². The van der Waals surface area contributed by atoms with Crippen LogP contribution in [0.2, 0.25) is 0 Å². The molecule has 6 heteroatoms. The third-order valence-electron chi connectivity index (χ3n) is 5.37. The van der Waals surface area contributed by atoms with E-state index in [0.717, 1.165) is 49.0 Å². The van der Waals surface area contributed by atoms with Crippen molar-refractivity contribution in [1.82, 2.24) is 9.88 Å². The summed E-state index contributed by atoms with van der Waals surface area (Å²) in [5, 5.41) is 3.60. The molecule has 2 heterocycles. The van der Waals surface area contributed by atoms with Crippen molar-refractivity contribution in [2.75, 3.05) is 25.0 Å². The quantitative estimate of drug-likeness (QED) is 0.655. The molecule has 1 aromatic heterocycles. The Morgan fingerprint density at radius 1 is 1.14 bits per heavy atom. The molecule has 0 spiro atoms. The van der Waals surface area contributed by atoms with Gasteiger partial charge < -0.3 is 5.32 Å². The van der Waals surface area contributed by atoms with Gasteiger partial charge in [0.1, 0.15) is 5.82 Å². The summed E-state index contributed by atoms with van der Waals surface area (Å²) < 4.78 is 14.1. The summed E-state index contributed by atoms with van der Waals surface area (Å²) in [7, 11) is 0. The summed E-state index contributed by atoms with van der Waals surface area (Å²) in [6, 6.07) is 14.7. The smallest absolute Gasteiger partial charge is 0.240 e. The molecule has 0 radical (unpaired) electrons. The summed E-state index contributed by atoms with van der Waals surface area (Å²) in [5.41, 5.74) is 2.11. The summed E-state index contributed by atoms with van der Waals surface area (Å²) >= 11 is 1.51. The van der Waals surface area contributed by atoms with Gasteiger partial charge in [0.05, 0.1) is 16.8 Å². The fourth-order valence-corrected chi connectivity index (χ4v) is 4.62. The number of amides is 1. The van der Waals surface area contributed by atoms with Crippen LogP contribution in [-0.2, 0) is 11.2 Å². The Labute approximate surface area is 168 Å². The molecule has 2 aromatic carbocycles. The molecule has 1 aliphatic heterocycles. The van der Waals surface area contributed by atoms with E-state index >= 15 is 0 Å². The number of carbonyl (C=O) groups is 1. The van der Waals surface area contributed by atoms with Crippen LogP contribution in [-0.4, -0.2) is 35.4 Å². The van der Waals surface area contributed by atoms with Gasteiger partial charge in [0.2, 0.25) is 5.91 Å². The van der Waals surface area contributed by atoms with Crippen molar-refractivity contribution < 1.29 is 9.18 Å². The lowest BCUT2D eigenvalue weighted by molar-refractivity contribution is -0.117. The number of rotatable bonds is 6. The zero-order valence-corrected chi connectivity index (χ0v) is 16.6. The first-order chi connectivity index (χ1) is 13.7. The van der Waals surface area contributed by atoms with Gasteiger partial charge in [-0.1, -0.05) is 35.6 Å². The molecule has 4 rings (SSSR count). The number of carbonyl (C=O) groups excluding carboxylic acids is 1. The van der Waals surface area contributed by atoms with Crippen LogP contribution in [0.1, 0.15) is 24.8 Å². The lowest BCUT2D eigenvalue weighted by Gasteiger charge is -2.31. The third-order valence-corrected chi connectivity index (χ3v) is 6.32. The second-order valence-electron chi connectivity index (χ2n) is 7.42. The number of likely N-dealkylation sites (tertiary alicyclic amines) is 1. The fourth-order valence-electron chi connectivity index (χ4n) is 3.74. The Bertz CT molecular complexity index is 899. The molecule has 1 saturated heterocycles. The van der Waals surface area contributed by atoms with Crippen LogP contribution in [0, 0.1) is 11.7 Å². The van der Waals surface area contributed by atoms with E-state index in [2.05, 4.69) is 15.2 Å². The number of aryl methyl sites for hydroxylation is 1. The van der Waals surface area contributed by atoms with E-state index in [9.17, 15) is 9.18 Å². The number of anilines is 1. The van der Waals surface area contributed by atoms with Crippen molar-refractivity contribution in [3.8, 4) is 0 Å². The Hall–Kier alpha value is -2.31. The fraction of sp³-hybridized carbons (Fsp3) is 0.364. The van der Waals surface area contributed by atoms with Gasteiger partial charge in [0.25, 0.3) is 0 Å². The van der Waals surface area contributed by atoms with Crippen molar-refractivity contribution >= 4 is 32.6 Å². The van der Waals surface area contributed by atoms with Crippen LogP contribution in [0.15, 0.2) is 48.5 Å². The summed E-state index contributed by atoms with van der Waals surface area (Å²) in [6.07, 6.45) is 4.33. The lowest BCUT2D eigenvalue weighted by atomic mass is 9.90. The van der Waals surface area contributed by atoms with Gasteiger partial charge in [-0.2, -0.15) is 0 Å². The van der Waals surface area contributed by atoms with Gasteiger partial charge in [0.15, 0.2) is 5.13 Å². The van der Waals surface area contributed by atoms with Crippen molar-refractivity contribution in [1.29, 1.82) is 0 Å². The lowest BCUT2D eigenvalue weighted by Crippen LogP contribution is -2.39. The third kappa shape index (κ3) is 4.94. The first-order valence-electron chi connectivity index (χ1n) is 9.78. The predicted molar refractivity (Wildman–Crippen MR) is 112 cm³/mol. The Kier molecular flexibility index (Phi) is 5.98. The number of nitrogens with zero attached hydrogens (tertiary/aromatic N) is 2. The maximum absolute atomic E-state index is 13.0. The molecule has 1 aliphatic rings. The maximum atomic E-state index is 13.0. The molecule has 0 atom stereocenters. The molecule has 1 amide bonds. The van der Waals surface area contributed by atoms with Crippen molar-refractivity contribution in [2.24, 2.45) is 5.92 Å². The number of fused-ring (bicyclic) bond motifs is 1. The largest absolute Gasteiger partial charge is 0.301 e. The van der Waals surface area contributed by atoms with E-state index in [4.69, 9.17) is 0 Å². The first kappa shape index (κ1) is 19.0. The number of halogens is 1. The van der Waals surface area contributed by atoms with Crippen LogP contribution in [0.5, 0.6) is 0 Å². The van der Waals surface area contributed by atoms with Gasteiger partial charge in [-0.05, 0) is 74.5 Å². The average molecular weight is 398 g/mol. The molecule has 0 aliphatic carbocycles. The highest BCUT2D eigenvalue weighted by Crippen LogP contribution is 2.26. The average Bonchev–Trinajstić information content (AvgIpc) is 3.10. The summed E-state index contributed by atoms with van der Waals surface area (Å²) in [5.74, 6) is 0.499. The van der Waals surface area contributed by atoms with Crippen LogP contribution >= 0.6 is 11.3 Å². The van der Waals surface area contributed by atoms with E-state index in [-0.39, 0.29) is 11.7 Å². The number of piperidine rings is 1. The van der Waals surface area contributed by atoms with Crippen LogP contribution in [0.4, 0.5) is 9.52 Å². The molecule has 28 heavy (non-hydrogen) atoms. The highest BCUT2D eigenvalue weighted by molar-refractivity contribution is 7.22. The van der Waals surface area contributed by atoms with Gasteiger partial charge in [0, 0.05) is 0 Å². The number of benzene rings is 2. The minimum Gasteiger partial charge on any atom is -0.301 e. The van der Waals surface area contributed by atoms with E-state index in [0.29, 0.717) is 17.6 Å². The summed E-state index contributed by atoms with van der Waals surface area (Å²) in [6.45, 7) is 2.31. The van der Waals surface area contributed by atoms with E-state index in [1.165, 1.54) is 29.0 Å². The zero-order valence-electron chi connectivity index (χ0n) is 15.7. The molecule has 1 N–H and O–H groups in total. The standard InChI is InChI=1S/C22H24FN3OS/c23-18-9-7-16(8-10-18)5-6-17-11-13-26(14-12-17)15-21(27)25-22-24-19-3-1-2-4-20(19)28-22/h1-4,7-10,17H,5-6,11-15H2,(H,24,25,27). The minimum atomic E-state index is -0.179. The number of hydrogen-bond acceptors (Lipinski definition) is 4. The van der Waals surface area contributed by atoms with E-state index in [1.54, 1.807) is 0 Å². The van der Waals surface area contributed by atoms with E-state index in [1.807, 2.05) is 36.4 Å². The van der Waals surface area contributed by atoms with Gasteiger partial charge in [-0.25, -0.2) is 9.37 Å². The topological polar surface area (TPSA) is 45.2 Å². The van der Waals surface area contributed by atoms with Gasteiger partial charge in [-0.3, -0.25) is 9.69 Å². The van der Waals surface area contributed by atoms with Gasteiger partial charge in [-0.15, -0.1) is 0 Å². The second kappa shape index (κ2) is 8.80. The predicted octanol–water partition coefficient (Wildman–Crippen LogP) is 4.72. The normalized spacial score (nSPS) is 15.8. The SMILES string of the molecule is O=C(CN1CCC(CCc2ccc(F)cc2)CC1)Nc1nc2ccccc2s1. The highest BCUT2D eigenvalue weighted by atomic mass is 32.1. The minimum absolute atomic E-state index is 0.00354. The number of hydrogen-bond donors (Lipinski definition) is 1. The Balaban J connectivity index is 1.20. The molecular formula is C22H24FN3OS. The van der Waals surface area contributed by atoms with Crippen molar-refractivity contribution in [3.05, 3.63) is 59.9 Å². The second-order valence-corrected chi connectivity index (χ2v) is 8.45. The van der Waals surface area contributed by atoms with Gasteiger partial charge >= 0.3 is 0 Å². The molecular weight excluding hydrogens is 373 g/mol. The molecule has 3 aromatic rings. The Morgan fingerprint density at radius 3 is 2.64 bits per heavy atom. The summed E-state index contributed by atoms with van der Waals surface area (Å²) in [4.78, 5) is 19.0. The van der Waals surface area contributed by atoms with Crippen molar-refractivity contribution in [3.63, 3.8) is 0 Å². The molecule has 4 nitrogen and oxygen atoms in total. The van der Waals surface area contributed by atoms with Crippen LogP contribution < -0.4 is 5.32 Å². The number of aromatic nitrogens is 1. The highest BCUT2D eigenvalue weighted by Gasteiger charge is 2.21. The maximum Gasteiger partial charge on any atom is 0.240 e. The van der Waals surface area contributed by atoms with Crippen molar-refractivity contribution in [2.45, 2.75) is 25.7 Å². The first-order valence-corrected chi connectivity index (χ1v) is 10.6. The molecule has 0 saturated carbocycles. The monoisotopic (exact) mass is 397 g/mol. The zero-order chi connectivity index (χ0) is 19.3. The van der Waals surface area contributed by atoms with Crippen LogP contribution in [0.25, 0.3) is 10.2 Å². The molecule has 1 fully saturated rings.